The van der Waals surface area contributed by atoms with E-state index in [0.717, 1.165) is 77.0 Å². The number of hydrogen-bond acceptors (Lipinski definition) is 6. The Morgan fingerprint density at radius 3 is 0.722 bits per heavy atom. The van der Waals surface area contributed by atoms with E-state index in [-0.39, 0.29) is 31.1 Å². The van der Waals surface area contributed by atoms with Crippen molar-refractivity contribution >= 4 is 17.9 Å². The zero-order chi connectivity index (χ0) is 57.1. The van der Waals surface area contributed by atoms with Crippen LogP contribution in [0.25, 0.3) is 0 Å². The summed E-state index contributed by atoms with van der Waals surface area (Å²) in [6, 6.07) is 0. The Kier molecular flexibility index (Phi) is 65.6. The summed E-state index contributed by atoms with van der Waals surface area (Å²) in [4.78, 5) is 38.4. The molecule has 0 aromatic carbocycles. The van der Waals surface area contributed by atoms with Crippen LogP contribution in [0.5, 0.6) is 0 Å². The van der Waals surface area contributed by atoms with Gasteiger partial charge in [-0.25, -0.2) is 0 Å². The fourth-order valence-electron chi connectivity index (χ4n) is 10.5. The van der Waals surface area contributed by atoms with Crippen LogP contribution in [0.2, 0.25) is 0 Å². The van der Waals surface area contributed by atoms with Crippen LogP contribution in [0, 0.1) is 0 Å². The molecule has 0 aromatic rings. The van der Waals surface area contributed by atoms with Crippen molar-refractivity contribution in [2.24, 2.45) is 0 Å². The Labute approximate surface area is 492 Å². The summed E-state index contributed by atoms with van der Waals surface area (Å²) in [7, 11) is 0. The first-order chi connectivity index (χ1) is 39.0. The minimum absolute atomic E-state index is 0.0741. The highest BCUT2D eigenvalue weighted by Gasteiger charge is 2.19. The molecule has 0 radical (unpaired) electrons. The van der Waals surface area contributed by atoms with Crippen molar-refractivity contribution in [1.82, 2.24) is 0 Å². The van der Waals surface area contributed by atoms with E-state index in [0.29, 0.717) is 19.3 Å². The van der Waals surface area contributed by atoms with Gasteiger partial charge in [0.2, 0.25) is 0 Å². The normalized spacial score (nSPS) is 12.3. The van der Waals surface area contributed by atoms with Gasteiger partial charge in [0.15, 0.2) is 6.10 Å². The van der Waals surface area contributed by atoms with Gasteiger partial charge in [0, 0.05) is 19.3 Å². The lowest BCUT2D eigenvalue weighted by molar-refractivity contribution is -0.167. The molecule has 6 nitrogen and oxygen atoms in total. The molecular weight excluding hydrogens is 973 g/mol. The summed E-state index contributed by atoms with van der Waals surface area (Å²) in [5.41, 5.74) is 0. The van der Waals surface area contributed by atoms with Crippen molar-refractivity contribution in [2.75, 3.05) is 13.2 Å². The molecule has 0 spiro atoms. The smallest absolute Gasteiger partial charge is 0.306 e. The summed E-state index contributed by atoms with van der Waals surface area (Å²) in [5.74, 6) is -0.861. The van der Waals surface area contributed by atoms with Crippen molar-refractivity contribution < 1.29 is 28.6 Å². The second-order valence-corrected chi connectivity index (χ2v) is 23.8. The van der Waals surface area contributed by atoms with E-state index in [9.17, 15) is 14.4 Å². The maximum Gasteiger partial charge on any atom is 0.306 e. The largest absolute Gasteiger partial charge is 0.462 e. The second kappa shape index (κ2) is 67.9. The fourth-order valence-corrected chi connectivity index (χ4v) is 10.5. The van der Waals surface area contributed by atoms with Crippen molar-refractivity contribution in [1.29, 1.82) is 0 Å². The topological polar surface area (TPSA) is 78.9 Å². The molecule has 0 rings (SSSR count). The van der Waals surface area contributed by atoms with Gasteiger partial charge in [0.1, 0.15) is 13.2 Å². The number of rotatable bonds is 65. The Morgan fingerprint density at radius 1 is 0.253 bits per heavy atom. The first-order valence-corrected chi connectivity index (χ1v) is 35.1. The average molecular weight is 1110 g/mol. The summed E-state index contributed by atoms with van der Waals surface area (Å²) in [5, 5.41) is 0. The average Bonchev–Trinajstić information content (AvgIpc) is 3.45. The highest BCUT2D eigenvalue weighted by molar-refractivity contribution is 5.71. The maximum absolute atomic E-state index is 12.9. The molecule has 6 heteroatoms. The van der Waals surface area contributed by atoms with Crippen LogP contribution in [0.1, 0.15) is 380 Å². The lowest BCUT2D eigenvalue weighted by Gasteiger charge is -2.18. The number of esters is 3. The van der Waals surface area contributed by atoms with Gasteiger partial charge in [0.05, 0.1) is 0 Å². The van der Waals surface area contributed by atoms with Crippen molar-refractivity contribution in [2.45, 2.75) is 386 Å². The van der Waals surface area contributed by atoms with Gasteiger partial charge >= 0.3 is 17.9 Å². The molecule has 0 aliphatic heterocycles. The number of ether oxygens (including phenoxy) is 3. The molecule has 1 unspecified atom stereocenters. The molecule has 0 saturated carbocycles. The highest BCUT2D eigenvalue weighted by Crippen LogP contribution is 2.18. The molecule has 0 fully saturated rings. The number of carbonyl (C=O) groups is 3. The summed E-state index contributed by atoms with van der Waals surface area (Å²) < 4.78 is 17.0. The summed E-state index contributed by atoms with van der Waals surface area (Å²) >= 11 is 0. The van der Waals surface area contributed by atoms with Gasteiger partial charge < -0.3 is 14.2 Å². The zero-order valence-electron chi connectivity index (χ0n) is 53.2. The van der Waals surface area contributed by atoms with Crippen molar-refractivity contribution in [3.63, 3.8) is 0 Å². The first kappa shape index (κ1) is 76.4. The summed E-state index contributed by atoms with van der Waals surface area (Å²) in [6.07, 6.45) is 85.6. The van der Waals surface area contributed by atoms with E-state index in [2.05, 4.69) is 69.4 Å². The van der Waals surface area contributed by atoms with Crippen LogP contribution in [0.4, 0.5) is 0 Å². The third-order valence-corrected chi connectivity index (χ3v) is 15.8. The number of unbranched alkanes of at least 4 members (excludes halogenated alkanes) is 46. The third-order valence-electron chi connectivity index (χ3n) is 15.8. The van der Waals surface area contributed by atoms with E-state index in [1.54, 1.807) is 0 Å². The molecular formula is C73H134O6. The lowest BCUT2D eigenvalue weighted by Crippen LogP contribution is -2.30. The molecule has 0 bridgehead atoms. The second-order valence-electron chi connectivity index (χ2n) is 23.8. The van der Waals surface area contributed by atoms with Crippen molar-refractivity contribution in [3.8, 4) is 0 Å². The zero-order valence-corrected chi connectivity index (χ0v) is 53.2. The van der Waals surface area contributed by atoms with Crippen LogP contribution in [0.3, 0.4) is 0 Å². The Balaban J connectivity index is 4.31. The van der Waals surface area contributed by atoms with Crippen LogP contribution in [-0.4, -0.2) is 37.2 Å². The van der Waals surface area contributed by atoms with Gasteiger partial charge in [-0.2, -0.15) is 0 Å². The fraction of sp³-hybridized carbons (Fsp3) is 0.849. The van der Waals surface area contributed by atoms with Crippen LogP contribution in [-0.2, 0) is 28.6 Å². The number of hydrogen-bond donors (Lipinski definition) is 0. The van der Waals surface area contributed by atoms with Gasteiger partial charge in [-0.15, -0.1) is 0 Å². The molecule has 0 heterocycles. The molecule has 462 valence electrons. The Hall–Kier alpha value is -2.63. The molecule has 0 aromatic heterocycles. The summed E-state index contributed by atoms with van der Waals surface area (Å²) in [6.45, 7) is 6.68. The third kappa shape index (κ3) is 66.1. The van der Waals surface area contributed by atoms with E-state index < -0.39 is 6.10 Å². The number of allylic oxidation sites excluding steroid dienone is 8. The van der Waals surface area contributed by atoms with Crippen LogP contribution < -0.4 is 0 Å². The SMILES string of the molecule is CCCCCCC/C=C\C/C=C\C/C=C\CCCCCCCCC(=O)OC(COC(=O)CCCCCCCCCCCCCCC/C=C\CCCCCCCCCC)COC(=O)CCCCCCCCCCCCCCCCC. The number of carbonyl (C=O) groups excluding carboxylic acids is 3. The van der Waals surface area contributed by atoms with E-state index in [4.69, 9.17) is 14.2 Å². The molecule has 0 saturated heterocycles. The monoisotopic (exact) mass is 1110 g/mol. The van der Waals surface area contributed by atoms with Crippen molar-refractivity contribution in [3.05, 3.63) is 48.6 Å². The molecule has 0 amide bonds. The molecule has 0 N–H and O–H groups in total. The van der Waals surface area contributed by atoms with Gasteiger partial charge in [-0.3, -0.25) is 14.4 Å². The van der Waals surface area contributed by atoms with Gasteiger partial charge in [-0.1, -0.05) is 326 Å². The first-order valence-electron chi connectivity index (χ1n) is 35.1. The lowest BCUT2D eigenvalue weighted by atomic mass is 10.0. The van der Waals surface area contributed by atoms with Gasteiger partial charge in [-0.05, 0) is 83.5 Å². The minimum Gasteiger partial charge on any atom is -0.462 e. The minimum atomic E-state index is -0.779. The van der Waals surface area contributed by atoms with E-state index in [1.165, 1.54) is 263 Å². The molecule has 1 atom stereocenters. The standard InChI is InChI=1S/C73H134O6/c1-4-7-10-13-16-19-22-25-28-30-32-34-35-36-37-39-40-42-45-48-51-54-57-60-63-66-72(75)78-69-70(68-77-71(74)65-62-59-56-53-50-47-44-27-24-21-18-15-12-9-6-3)79-73(76)67-64-61-58-55-52-49-46-43-41-38-33-31-29-26-23-20-17-14-11-8-5-2/h23,26,30-33,41,43,70H,4-22,24-25,27-29,34-40,42,44-69H2,1-3H3/b26-23-,32-30-,33-31-,43-41-. The predicted molar refractivity (Wildman–Crippen MR) is 344 cm³/mol. The molecule has 0 aliphatic carbocycles. The van der Waals surface area contributed by atoms with E-state index >= 15 is 0 Å². The quantitative estimate of drug-likeness (QED) is 0.0261. The maximum atomic E-state index is 12.9. The Bertz CT molecular complexity index is 1360. The predicted octanol–water partition coefficient (Wildman–Crippen LogP) is 24.1. The van der Waals surface area contributed by atoms with Gasteiger partial charge in [0.25, 0.3) is 0 Å². The van der Waals surface area contributed by atoms with E-state index in [1.807, 2.05) is 0 Å². The Morgan fingerprint density at radius 2 is 0.456 bits per heavy atom. The highest BCUT2D eigenvalue weighted by atomic mass is 16.6. The van der Waals surface area contributed by atoms with Crippen LogP contribution >= 0.6 is 0 Å². The molecule has 79 heavy (non-hydrogen) atoms. The molecule has 0 aliphatic rings. The van der Waals surface area contributed by atoms with Crippen LogP contribution in [0.15, 0.2) is 48.6 Å².